The summed E-state index contributed by atoms with van der Waals surface area (Å²) in [4.78, 5) is 15.6. The fourth-order valence-corrected chi connectivity index (χ4v) is 1.17. The highest BCUT2D eigenvalue weighted by atomic mass is 16.5. The molecule has 1 rings (SSSR count). The van der Waals surface area contributed by atoms with E-state index in [-0.39, 0.29) is 12.2 Å². The van der Waals surface area contributed by atoms with Crippen LogP contribution >= 0.6 is 0 Å². The summed E-state index contributed by atoms with van der Waals surface area (Å²) in [5.74, 6) is 0.594. The SMILES string of the molecule is COCCC(N)C(=O)Cc1ncnn1C. The van der Waals surface area contributed by atoms with Gasteiger partial charge in [-0.2, -0.15) is 5.10 Å². The van der Waals surface area contributed by atoms with Gasteiger partial charge in [-0.3, -0.25) is 9.48 Å². The fourth-order valence-electron chi connectivity index (χ4n) is 1.17. The van der Waals surface area contributed by atoms with Crippen LogP contribution in [-0.2, 0) is 23.0 Å². The lowest BCUT2D eigenvalue weighted by molar-refractivity contribution is -0.120. The highest BCUT2D eigenvalue weighted by Crippen LogP contribution is 1.98. The van der Waals surface area contributed by atoms with E-state index in [0.717, 1.165) is 0 Å². The maximum Gasteiger partial charge on any atom is 0.157 e. The minimum absolute atomic E-state index is 0.0387. The molecule has 0 saturated heterocycles. The maximum atomic E-state index is 11.6. The van der Waals surface area contributed by atoms with Crippen molar-refractivity contribution in [3.05, 3.63) is 12.2 Å². The molecule has 0 radical (unpaired) electrons. The van der Waals surface area contributed by atoms with Crippen molar-refractivity contribution in [1.82, 2.24) is 14.8 Å². The van der Waals surface area contributed by atoms with Crippen molar-refractivity contribution in [2.75, 3.05) is 13.7 Å². The van der Waals surface area contributed by atoms with Gasteiger partial charge in [0, 0.05) is 20.8 Å². The third-order valence-corrected chi connectivity index (χ3v) is 2.18. The van der Waals surface area contributed by atoms with Gasteiger partial charge in [-0.1, -0.05) is 0 Å². The number of hydrogen-bond acceptors (Lipinski definition) is 5. The number of Topliss-reactive ketones (excluding diaryl/α,β-unsaturated/α-hetero) is 1. The molecule has 1 aromatic rings. The summed E-state index contributed by atoms with van der Waals surface area (Å²) in [6.07, 6.45) is 2.18. The first-order chi connectivity index (χ1) is 7.15. The van der Waals surface area contributed by atoms with Crippen LogP contribution in [0.5, 0.6) is 0 Å². The highest BCUT2D eigenvalue weighted by molar-refractivity contribution is 5.85. The van der Waals surface area contributed by atoms with Crippen LogP contribution in [-0.4, -0.2) is 40.3 Å². The zero-order chi connectivity index (χ0) is 11.3. The first-order valence-corrected chi connectivity index (χ1v) is 4.75. The summed E-state index contributed by atoms with van der Waals surface area (Å²) < 4.78 is 6.43. The number of ketones is 1. The molecule has 0 aliphatic heterocycles. The Bertz CT molecular complexity index is 324. The lowest BCUT2D eigenvalue weighted by Gasteiger charge is -2.08. The zero-order valence-corrected chi connectivity index (χ0v) is 9.01. The van der Waals surface area contributed by atoms with Gasteiger partial charge in [-0.05, 0) is 6.42 Å². The predicted octanol–water partition coefficient (Wildman–Crippen LogP) is -0.709. The van der Waals surface area contributed by atoms with Gasteiger partial charge in [0.1, 0.15) is 12.2 Å². The number of carbonyl (C=O) groups excluding carboxylic acids is 1. The summed E-state index contributed by atoms with van der Waals surface area (Å²) in [5.41, 5.74) is 5.68. The number of aryl methyl sites for hydroxylation is 1. The molecule has 1 aromatic heterocycles. The summed E-state index contributed by atoms with van der Waals surface area (Å²) in [6, 6.07) is -0.485. The lowest BCUT2D eigenvalue weighted by Crippen LogP contribution is -2.33. The highest BCUT2D eigenvalue weighted by Gasteiger charge is 2.15. The van der Waals surface area contributed by atoms with Crippen LogP contribution in [0.2, 0.25) is 0 Å². The molecule has 6 nitrogen and oxygen atoms in total. The summed E-state index contributed by atoms with van der Waals surface area (Å²) in [6.45, 7) is 0.492. The molecule has 0 aliphatic carbocycles. The molecule has 15 heavy (non-hydrogen) atoms. The van der Waals surface area contributed by atoms with E-state index in [2.05, 4.69) is 10.1 Å². The molecule has 0 spiro atoms. The second-order valence-electron chi connectivity index (χ2n) is 3.33. The predicted molar refractivity (Wildman–Crippen MR) is 54.2 cm³/mol. The third-order valence-electron chi connectivity index (χ3n) is 2.18. The molecule has 84 valence electrons. The van der Waals surface area contributed by atoms with E-state index in [0.29, 0.717) is 18.9 Å². The largest absolute Gasteiger partial charge is 0.385 e. The summed E-state index contributed by atoms with van der Waals surface area (Å²) in [5, 5.41) is 3.88. The van der Waals surface area contributed by atoms with Crippen LogP contribution in [0.15, 0.2) is 6.33 Å². The van der Waals surface area contributed by atoms with E-state index < -0.39 is 6.04 Å². The Kier molecular flexibility index (Phi) is 4.38. The van der Waals surface area contributed by atoms with Gasteiger partial charge in [0.05, 0.1) is 12.5 Å². The van der Waals surface area contributed by atoms with E-state index in [1.54, 1.807) is 18.8 Å². The van der Waals surface area contributed by atoms with Crippen LogP contribution in [0.4, 0.5) is 0 Å². The van der Waals surface area contributed by atoms with Gasteiger partial charge >= 0.3 is 0 Å². The Hall–Kier alpha value is -1.27. The molecule has 6 heteroatoms. The number of carbonyl (C=O) groups is 1. The minimum Gasteiger partial charge on any atom is -0.385 e. The van der Waals surface area contributed by atoms with Crippen LogP contribution in [0.1, 0.15) is 12.2 Å². The first-order valence-electron chi connectivity index (χ1n) is 4.75. The second kappa shape index (κ2) is 5.57. The third kappa shape index (κ3) is 3.41. The molecule has 1 heterocycles. The number of rotatable bonds is 6. The zero-order valence-electron chi connectivity index (χ0n) is 9.01. The number of nitrogens with two attached hydrogens (primary N) is 1. The molecule has 0 fully saturated rings. The molecule has 0 bridgehead atoms. The number of ether oxygens (including phenoxy) is 1. The van der Waals surface area contributed by atoms with E-state index in [4.69, 9.17) is 10.5 Å². The van der Waals surface area contributed by atoms with E-state index in [1.165, 1.54) is 6.33 Å². The molecule has 2 N–H and O–H groups in total. The van der Waals surface area contributed by atoms with Crippen molar-refractivity contribution in [3.63, 3.8) is 0 Å². The molecule has 1 atom stereocenters. The molecule has 0 aliphatic rings. The van der Waals surface area contributed by atoms with Gasteiger partial charge in [0.15, 0.2) is 5.78 Å². The summed E-state index contributed by atoms with van der Waals surface area (Å²) in [7, 11) is 3.33. The van der Waals surface area contributed by atoms with Gasteiger partial charge in [-0.25, -0.2) is 4.98 Å². The van der Waals surface area contributed by atoms with Crippen LogP contribution in [0.25, 0.3) is 0 Å². The maximum absolute atomic E-state index is 11.6. The number of hydrogen-bond donors (Lipinski definition) is 1. The summed E-state index contributed by atoms with van der Waals surface area (Å²) >= 11 is 0. The van der Waals surface area contributed by atoms with Crippen molar-refractivity contribution in [3.8, 4) is 0 Å². The van der Waals surface area contributed by atoms with Crippen molar-refractivity contribution >= 4 is 5.78 Å². The Balaban J connectivity index is 2.45. The topological polar surface area (TPSA) is 83.0 Å². The fraction of sp³-hybridized carbons (Fsp3) is 0.667. The molecule has 0 aromatic carbocycles. The standard InChI is InChI=1S/C9H16N4O2/c1-13-9(11-6-12-13)5-8(14)7(10)3-4-15-2/h6-7H,3-5,10H2,1-2H3. The van der Waals surface area contributed by atoms with Gasteiger partial charge < -0.3 is 10.5 Å². The smallest absolute Gasteiger partial charge is 0.157 e. The molecule has 0 saturated carbocycles. The number of aromatic nitrogens is 3. The molecular weight excluding hydrogens is 196 g/mol. The monoisotopic (exact) mass is 212 g/mol. The van der Waals surface area contributed by atoms with Crippen LogP contribution in [0, 0.1) is 0 Å². The lowest BCUT2D eigenvalue weighted by atomic mass is 10.1. The van der Waals surface area contributed by atoms with Crippen molar-refractivity contribution in [2.24, 2.45) is 12.8 Å². The van der Waals surface area contributed by atoms with Crippen molar-refractivity contribution < 1.29 is 9.53 Å². The molecular formula is C9H16N4O2. The van der Waals surface area contributed by atoms with Crippen molar-refractivity contribution in [1.29, 1.82) is 0 Å². The van der Waals surface area contributed by atoms with Crippen LogP contribution in [0.3, 0.4) is 0 Å². The number of methoxy groups -OCH3 is 1. The normalized spacial score (nSPS) is 12.7. The Morgan fingerprint density at radius 3 is 3.00 bits per heavy atom. The second-order valence-corrected chi connectivity index (χ2v) is 3.33. The van der Waals surface area contributed by atoms with Gasteiger partial charge in [-0.15, -0.1) is 0 Å². The Morgan fingerprint density at radius 1 is 1.73 bits per heavy atom. The number of nitrogens with zero attached hydrogens (tertiary/aromatic N) is 3. The van der Waals surface area contributed by atoms with E-state index in [9.17, 15) is 4.79 Å². The Labute approximate surface area is 88.4 Å². The average molecular weight is 212 g/mol. The molecule has 0 amide bonds. The van der Waals surface area contributed by atoms with Gasteiger partial charge in [0.2, 0.25) is 0 Å². The minimum atomic E-state index is -0.485. The van der Waals surface area contributed by atoms with E-state index in [1.807, 2.05) is 0 Å². The first kappa shape index (κ1) is 11.8. The Morgan fingerprint density at radius 2 is 2.47 bits per heavy atom. The quantitative estimate of drug-likeness (QED) is 0.673. The molecule has 1 unspecified atom stereocenters. The van der Waals surface area contributed by atoms with Crippen molar-refractivity contribution in [2.45, 2.75) is 18.9 Å². The van der Waals surface area contributed by atoms with Crippen LogP contribution < -0.4 is 5.73 Å². The average Bonchev–Trinajstić information content (AvgIpc) is 2.61. The van der Waals surface area contributed by atoms with Gasteiger partial charge in [0.25, 0.3) is 0 Å². The van der Waals surface area contributed by atoms with E-state index >= 15 is 0 Å².